The van der Waals surface area contributed by atoms with Gasteiger partial charge in [0, 0.05) is 13.0 Å². The van der Waals surface area contributed by atoms with E-state index in [0.717, 1.165) is 0 Å². The Labute approximate surface area is 219 Å². The molecule has 5 amide bonds. The van der Waals surface area contributed by atoms with Gasteiger partial charge in [-0.2, -0.15) is 0 Å². The van der Waals surface area contributed by atoms with Crippen LogP contribution >= 0.6 is 0 Å². The Morgan fingerprint density at radius 1 is 0.711 bits per heavy atom. The van der Waals surface area contributed by atoms with Gasteiger partial charge in [-0.15, -0.1) is 0 Å². The Morgan fingerprint density at radius 3 is 1.71 bits per heavy atom. The van der Waals surface area contributed by atoms with Crippen molar-refractivity contribution in [1.29, 1.82) is 0 Å². The van der Waals surface area contributed by atoms with Crippen molar-refractivity contribution in [3.63, 3.8) is 0 Å². The van der Waals surface area contributed by atoms with Crippen molar-refractivity contribution < 1.29 is 33.9 Å². The van der Waals surface area contributed by atoms with Crippen LogP contribution < -0.4 is 50.4 Å². The van der Waals surface area contributed by atoms with Crippen LogP contribution in [0.4, 0.5) is 0 Å². The molecule has 4 unspecified atom stereocenters. The highest BCUT2D eigenvalue weighted by atomic mass is 16.4. The van der Waals surface area contributed by atoms with E-state index < -0.39 is 66.1 Å². The number of nitrogens with zero attached hydrogens (tertiary/aromatic N) is 1. The molecule has 0 rings (SSSR count). The molecule has 0 aliphatic heterocycles. The fraction of sp³-hybridized carbons (Fsp3) is 0.667. The zero-order valence-electron chi connectivity index (χ0n) is 21.2. The average molecular weight is 545 g/mol. The lowest BCUT2D eigenvalue weighted by Crippen LogP contribution is -2.57. The number of rotatable bonds is 20. The smallest absolute Gasteiger partial charge is 0.326 e. The largest absolute Gasteiger partial charge is 0.480 e. The minimum absolute atomic E-state index is 0.00116. The first-order valence-corrected chi connectivity index (χ1v) is 12.0. The minimum Gasteiger partial charge on any atom is -0.480 e. The summed E-state index contributed by atoms with van der Waals surface area (Å²) >= 11 is 0. The standard InChI is InChI=1S/C21H40N10O7/c22-8-2-1-4-12(29-17(34)11(23)10-16(25)33)18(35)30-13(5-3-9-28-21(26)27)19(36)31-14(20(37)38)6-7-15(24)32/h11-14H,1-10,22-23H2,(H2,24,32)(H2,25,33)(H,29,34)(H,30,35)(H,31,36)(H,37,38)(H4,26,27,28). The van der Waals surface area contributed by atoms with Crippen LogP contribution in [0.2, 0.25) is 0 Å². The number of guanidine groups is 1. The molecule has 0 heterocycles. The van der Waals surface area contributed by atoms with Crippen LogP contribution in [0.3, 0.4) is 0 Å². The number of amides is 5. The van der Waals surface area contributed by atoms with Crippen molar-refractivity contribution in [3.05, 3.63) is 0 Å². The number of hydrogen-bond acceptors (Lipinski definition) is 9. The maximum atomic E-state index is 13.1. The lowest BCUT2D eigenvalue weighted by Gasteiger charge is -2.25. The summed E-state index contributed by atoms with van der Waals surface area (Å²) in [5.41, 5.74) is 31.9. The lowest BCUT2D eigenvalue weighted by molar-refractivity contribution is -0.142. The van der Waals surface area contributed by atoms with Crippen molar-refractivity contribution in [1.82, 2.24) is 16.0 Å². The monoisotopic (exact) mass is 544 g/mol. The van der Waals surface area contributed by atoms with Crippen LogP contribution in [0, 0.1) is 0 Å². The maximum Gasteiger partial charge on any atom is 0.326 e. The Bertz CT molecular complexity index is 863. The van der Waals surface area contributed by atoms with Crippen LogP contribution in [0.1, 0.15) is 51.4 Å². The second kappa shape index (κ2) is 18.3. The highest BCUT2D eigenvalue weighted by molar-refractivity contribution is 5.95. The van der Waals surface area contributed by atoms with Crippen molar-refractivity contribution in [2.24, 2.45) is 39.4 Å². The van der Waals surface area contributed by atoms with E-state index in [9.17, 15) is 33.9 Å². The van der Waals surface area contributed by atoms with Gasteiger partial charge in [0.15, 0.2) is 5.96 Å². The SMILES string of the molecule is NCCCCC(NC(=O)C(N)CC(N)=O)C(=O)NC(CCCN=C(N)N)C(=O)NC(CCC(N)=O)C(=O)O. The minimum atomic E-state index is -1.45. The second-order valence-electron chi connectivity index (χ2n) is 8.54. The van der Waals surface area contributed by atoms with Crippen LogP contribution in [0.25, 0.3) is 0 Å². The predicted molar refractivity (Wildman–Crippen MR) is 136 cm³/mol. The summed E-state index contributed by atoms with van der Waals surface area (Å²) in [5.74, 6) is -5.55. The zero-order valence-corrected chi connectivity index (χ0v) is 21.2. The molecule has 0 saturated carbocycles. The number of carbonyl (C=O) groups excluding carboxylic acids is 5. The van der Waals surface area contributed by atoms with Crippen molar-refractivity contribution in [2.45, 2.75) is 75.5 Å². The Kier molecular flexibility index (Phi) is 16.4. The highest BCUT2D eigenvalue weighted by Crippen LogP contribution is 2.07. The van der Waals surface area contributed by atoms with E-state index in [0.29, 0.717) is 19.4 Å². The van der Waals surface area contributed by atoms with E-state index in [-0.39, 0.29) is 44.6 Å². The van der Waals surface area contributed by atoms with Gasteiger partial charge in [-0.3, -0.25) is 29.0 Å². The van der Waals surface area contributed by atoms with Crippen molar-refractivity contribution in [2.75, 3.05) is 13.1 Å². The Hall–Kier alpha value is -3.99. The number of aliphatic imine (C=N–C) groups is 1. The molecule has 17 heteroatoms. The van der Waals surface area contributed by atoms with E-state index in [2.05, 4.69) is 20.9 Å². The molecule has 0 spiro atoms. The Morgan fingerprint density at radius 2 is 1.24 bits per heavy atom. The third kappa shape index (κ3) is 15.2. The molecule has 0 aliphatic rings. The summed E-state index contributed by atoms with van der Waals surface area (Å²) in [6, 6.07) is -5.14. The van der Waals surface area contributed by atoms with Gasteiger partial charge in [-0.1, -0.05) is 0 Å². The number of primary amides is 2. The summed E-state index contributed by atoms with van der Waals surface area (Å²) in [5, 5.41) is 16.6. The number of nitrogens with one attached hydrogen (secondary N) is 3. The number of carboxylic acids is 1. The number of hydrogen-bond donors (Lipinski definition) is 10. The van der Waals surface area contributed by atoms with Crippen LogP contribution in [0.15, 0.2) is 4.99 Å². The van der Waals surface area contributed by atoms with E-state index >= 15 is 0 Å². The van der Waals surface area contributed by atoms with Gasteiger partial charge in [0.25, 0.3) is 0 Å². The predicted octanol–water partition coefficient (Wildman–Crippen LogP) is -4.82. The molecule has 0 aromatic heterocycles. The molecule has 17 nitrogen and oxygen atoms in total. The Balaban J connectivity index is 5.68. The summed E-state index contributed by atoms with van der Waals surface area (Å²) in [4.78, 5) is 75.9. The molecule has 4 atom stereocenters. The first kappa shape index (κ1) is 34.0. The maximum absolute atomic E-state index is 13.1. The van der Waals surface area contributed by atoms with Crippen molar-refractivity contribution in [3.8, 4) is 0 Å². The van der Waals surface area contributed by atoms with Gasteiger partial charge in [0.2, 0.25) is 29.5 Å². The molecule has 216 valence electrons. The molecule has 0 bridgehead atoms. The van der Waals surface area contributed by atoms with Gasteiger partial charge in [-0.25, -0.2) is 4.79 Å². The van der Waals surface area contributed by atoms with Crippen molar-refractivity contribution >= 4 is 41.5 Å². The summed E-state index contributed by atoms with van der Waals surface area (Å²) < 4.78 is 0. The van der Waals surface area contributed by atoms with Gasteiger partial charge in [0.05, 0.1) is 12.5 Å². The molecule has 38 heavy (non-hydrogen) atoms. The lowest BCUT2D eigenvalue weighted by atomic mass is 10.0. The molecule has 0 fully saturated rings. The van der Waals surface area contributed by atoms with Crippen LogP contribution in [0.5, 0.6) is 0 Å². The molecule has 0 aromatic carbocycles. The quantitative estimate of drug-likeness (QED) is 0.0393. The zero-order chi connectivity index (χ0) is 29.3. The third-order valence-corrected chi connectivity index (χ3v) is 5.21. The highest BCUT2D eigenvalue weighted by Gasteiger charge is 2.30. The van der Waals surface area contributed by atoms with Gasteiger partial charge in [0.1, 0.15) is 18.1 Å². The summed E-state index contributed by atoms with van der Waals surface area (Å²) in [6.45, 7) is 0.450. The molecule has 16 N–H and O–H groups in total. The molecule has 0 aromatic rings. The normalized spacial score (nSPS) is 13.7. The van der Waals surface area contributed by atoms with E-state index in [4.69, 9.17) is 34.4 Å². The van der Waals surface area contributed by atoms with Gasteiger partial charge >= 0.3 is 5.97 Å². The summed E-state index contributed by atoms with van der Waals surface area (Å²) in [6.07, 6.45) is 0.340. The molecular weight excluding hydrogens is 504 g/mol. The number of unbranched alkanes of at least 4 members (excludes halogenated alkanes) is 1. The fourth-order valence-electron chi connectivity index (χ4n) is 3.21. The second-order valence-corrected chi connectivity index (χ2v) is 8.54. The first-order valence-electron chi connectivity index (χ1n) is 12.0. The first-order chi connectivity index (χ1) is 17.8. The number of aliphatic carboxylic acids is 1. The van der Waals surface area contributed by atoms with E-state index in [1.807, 2.05) is 0 Å². The molecular formula is C21H40N10O7. The van der Waals surface area contributed by atoms with Gasteiger partial charge in [-0.05, 0) is 45.1 Å². The number of carboxylic acid groups (broad SMARTS) is 1. The fourth-order valence-corrected chi connectivity index (χ4v) is 3.21. The van der Waals surface area contributed by atoms with E-state index in [1.165, 1.54) is 0 Å². The molecule has 0 radical (unpaired) electrons. The number of nitrogens with two attached hydrogens (primary N) is 6. The summed E-state index contributed by atoms with van der Waals surface area (Å²) in [7, 11) is 0. The molecule has 0 saturated heterocycles. The van der Waals surface area contributed by atoms with Crippen LogP contribution in [-0.4, -0.2) is 83.8 Å². The van der Waals surface area contributed by atoms with E-state index in [1.54, 1.807) is 0 Å². The third-order valence-electron chi connectivity index (χ3n) is 5.21. The van der Waals surface area contributed by atoms with Crippen LogP contribution in [-0.2, 0) is 28.8 Å². The number of carbonyl (C=O) groups is 6. The molecule has 0 aliphatic carbocycles. The average Bonchev–Trinajstić information content (AvgIpc) is 2.81. The van der Waals surface area contributed by atoms with Gasteiger partial charge < -0.3 is 55.5 Å². The topological polar surface area (TPSA) is 327 Å².